The highest BCUT2D eigenvalue weighted by atomic mass is 32.2. The van der Waals surface area contributed by atoms with Gasteiger partial charge < -0.3 is 0 Å². The molecule has 0 radical (unpaired) electrons. The van der Waals surface area contributed by atoms with Crippen molar-refractivity contribution >= 4 is 21.9 Å². The third kappa shape index (κ3) is 4.14. The van der Waals surface area contributed by atoms with E-state index in [4.69, 9.17) is 4.18 Å². The first kappa shape index (κ1) is 20.7. The minimum atomic E-state index is -3.77. The lowest BCUT2D eigenvalue weighted by atomic mass is 9.96. The smallest absolute Gasteiger partial charge is 0.263 e. The number of thioether (sulfide) groups is 1. The fourth-order valence-electron chi connectivity index (χ4n) is 3.94. The van der Waals surface area contributed by atoms with Crippen LogP contribution in [0.15, 0.2) is 64.6 Å². The van der Waals surface area contributed by atoms with E-state index in [-0.39, 0.29) is 22.3 Å². The monoisotopic (exact) mass is 459 g/mol. The maximum absolute atomic E-state index is 14.5. The number of aryl methyl sites for hydroxylation is 1. The molecular weight excluding hydrogens is 437 g/mol. The van der Waals surface area contributed by atoms with Crippen LogP contribution in [0.3, 0.4) is 0 Å². The van der Waals surface area contributed by atoms with Crippen molar-refractivity contribution in [2.45, 2.75) is 59.8 Å². The Hall–Kier alpha value is -2.23. The van der Waals surface area contributed by atoms with Crippen LogP contribution in [0.4, 0.5) is 4.39 Å². The second-order valence-electron chi connectivity index (χ2n) is 8.02. The highest BCUT2D eigenvalue weighted by Gasteiger charge is 2.38. The molecule has 0 unspecified atom stereocenters. The van der Waals surface area contributed by atoms with Crippen LogP contribution < -0.4 is 0 Å². The molecule has 0 saturated heterocycles. The number of aromatic nitrogens is 3. The van der Waals surface area contributed by atoms with E-state index in [1.807, 2.05) is 37.3 Å². The van der Waals surface area contributed by atoms with Crippen LogP contribution >= 0.6 is 11.8 Å². The molecule has 1 aliphatic heterocycles. The van der Waals surface area contributed by atoms with Gasteiger partial charge in [0.1, 0.15) is 0 Å². The summed E-state index contributed by atoms with van der Waals surface area (Å²) in [4.78, 5) is 4.57. The Morgan fingerprint density at radius 3 is 2.48 bits per heavy atom. The molecule has 3 aromatic rings. The maximum Gasteiger partial charge on any atom is 0.297 e. The third-order valence-electron chi connectivity index (χ3n) is 5.72. The number of alkyl halides is 1. The first-order valence-corrected chi connectivity index (χ1v) is 12.5. The van der Waals surface area contributed by atoms with Crippen LogP contribution in [0.1, 0.15) is 48.4 Å². The van der Waals surface area contributed by atoms with Gasteiger partial charge in [0.2, 0.25) is 5.16 Å². The summed E-state index contributed by atoms with van der Waals surface area (Å²) in [6.07, 6.45) is 0.0238. The van der Waals surface area contributed by atoms with Crippen molar-refractivity contribution in [3.8, 4) is 0 Å². The van der Waals surface area contributed by atoms with Crippen molar-refractivity contribution in [1.29, 1.82) is 0 Å². The molecule has 2 aromatic carbocycles. The molecule has 0 amide bonds. The van der Waals surface area contributed by atoms with E-state index in [1.165, 1.54) is 11.8 Å². The lowest BCUT2D eigenvalue weighted by Gasteiger charge is -2.33. The summed E-state index contributed by atoms with van der Waals surface area (Å²) in [5.74, 6) is 0.366. The molecule has 2 atom stereocenters. The number of hydrogen-bond donors (Lipinski definition) is 0. The normalized spacial score (nSPS) is 25.2. The average molecular weight is 460 g/mol. The topological polar surface area (TPSA) is 74.1 Å². The Bertz CT molecular complexity index is 1180. The Balaban J connectivity index is 1.21. The summed E-state index contributed by atoms with van der Waals surface area (Å²) >= 11 is 1.46. The van der Waals surface area contributed by atoms with Gasteiger partial charge in [-0.15, -0.1) is 5.10 Å². The number of benzene rings is 2. The number of hydrogen-bond acceptors (Lipinski definition) is 6. The number of halogens is 1. The fourth-order valence-corrected chi connectivity index (χ4v) is 6.24. The quantitative estimate of drug-likeness (QED) is 0.501. The Kier molecular flexibility index (Phi) is 5.35. The van der Waals surface area contributed by atoms with Crippen molar-refractivity contribution in [2.75, 3.05) is 0 Å². The molecule has 1 fully saturated rings. The van der Waals surface area contributed by atoms with E-state index in [0.717, 1.165) is 11.1 Å². The number of fused-ring (bicyclic) bond motifs is 1. The summed E-state index contributed by atoms with van der Waals surface area (Å²) in [5.41, 5.74) is 2.01. The number of rotatable bonds is 6. The van der Waals surface area contributed by atoms with Crippen molar-refractivity contribution < 1.29 is 17.0 Å². The zero-order valence-electron chi connectivity index (χ0n) is 16.9. The van der Waals surface area contributed by atoms with Crippen LogP contribution in [0.5, 0.6) is 0 Å². The standard InChI is InChI=1S/C22H22FN3O3S2/c1-14-7-9-18(10-8-14)31(27,28)29-16-11-17(12-16)30-22-24-21-19(23)13-20(26(21)25-22)15-5-3-2-4-6-15/h2-10,16-17,19-20H,11-13H2,1H3/t16-,17-,19-,20-/m0/s1. The molecule has 0 spiro atoms. The molecule has 1 aliphatic carbocycles. The summed E-state index contributed by atoms with van der Waals surface area (Å²) in [7, 11) is -3.77. The highest BCUT2D eigenvalue weighted by molar-refractivity contribution is 7.99. The Morgan fingerprint density at radius 2 is 1.77 bits per heavy atom. The minimum absolute atomic E-state index is 0.148. The van der Waals surface area contributed by atoms with E-state index >= 15 is 0 Å². The van der Waals surface area contributed by atoms with Gasteiger partial charge in [0, 0.05) is 11.7 Å². The minimum Gasteiger partial charge on any atom is -0.263 e. The van der Waals surface area contributed by atoms with Gasteiger partial charge in [-0.3, -0.25) is 4.18 Å². The SMILES string of the molecule is Cc1ccc(S(=O)(=O)O[C@H]2C[C@H](Sc3nc4n(n3)[C@H](c3ccccc3)C[C@@H]4F)C2)cc1. The molecule has 5 rings (SSSR count). The summed E-state index contributed by atoms with van der Waals surface area (Å²) in [5, 5.41) is 5.22. The van der Waals surface area contributed by atoms with Gasteiger partial charge in [-0.1, -0.05) is 59.8 Å². The zero-order valence-corrected chi connectivity index (χ0v) is 18.5. The van der Waals surface area contributed by atoms with E-state index in [9.17, 15) is 12.8 Å². The average Bonchev–Trinajstić information content (AvgIpc) is 3.27. The molecule has 6 nitrogen and oxygen atoms in total. The van der Waals surface area contributed by atoms with Gasteiger partial charge in [-0.2, -0.15) is 8.42 Å². The van der Waals surface area contributed by atoms with Crippen LogP contribution in [0, 0.1) is 6.92 Å². The predicted molar refractivity (Wildman–Crippen MR) is 115 cm³/mol. The lowest BCUT2D eigenvalue weighted by molar-refractivity contribution is 0.133. The molecule has 162 valence electrons. The molecule has 0 bridgehead atoms. The lowest BCUT2D eigenvalue weighted by Crippen LogP contribution is -2.35. The predicted octanol–water partition coefficient (Wildman–Crippen LogP) is 4.62. The summed E-state index contributed by atoms with van der Waals surface area (Å²) in [6.45, 7) is 1.90. The van der Waals surface area contributed by atoms with Crippen molar-refractivity contribution in [3.63, 3.8) is 0 Å². The molecule has 0 N–H and O–H groups in total. The molecule has 2 heterocycles. The van der Waals surface area contributed by atoms with Gasteiger partial charge in [0.15, 0.2) is 12.0 Å². The van der Waals surface area contributed by atoms with E-state index < -0.39 is 16.3 Å². The molecule has 1 saturated carbocycles. The Morgan fingerprint density at radius 1 is 1.06 bits per heavy atom. The largest absolute Gasteiger partial charge is 0.297 e. The van der Waals surface area contributed by atoms with Gasteiger partial charge in [-0.25, -0.2) is 14.1 Å². The van der Waals surface area contributed by atoms with E-state index in [2.05, 4.69) is 10.1 Å². The van der Waals surface area contributed by atoms with Crippen LogP contribution in [0.2, 0.25) is 0 Å². The molecular formula is C22H22FN3O3S2. The zero-order chi connectivity index (χ0) is 21.6. The molecule has 9 heteroatoms. The maximum atomic E-state index is 14.5. The van der Waals surface area contributed by atoms with Gasteiger partial charge in [0.25, 0.3) is 10.1 Å². The third-order valence-corrected chi connectivity index (χ3v) is 8.20. The van der Waals surface area contributed by atoms with Crippen LogP contribution in [-0.2, 0) is 14.3 Å². The van der Waals surface area contributed by atoms with Crippen molar-refractivity contribution in [3.05, 3.63) is 71.5 Å². The Labute approximate surface area is 185 Å². The molecule has 1 aromatic heterocycles. The first-order chi connectivity index (χ1) is 14.9. The molecule has 2 aliphatic rings. The van der Waals surface area contributed by atoms with Crippen LogP contribution in [0.25, 0.3) is 0 Å². The van der Waals surface area contributed by atoms with Crippen molar-refractivity contribution in [1.82, 2.24) is 14.8 Å². The van der Waals surface area contributed by atoms with E-state index in [0.29, 0.717) is 30.2 Å². The van der Waals surface area contributed by atoms with E-state index in [1.54, 1.807) is 28.9 Å². The van der Waals surface area contributed by atoms with Gasteiger partial charge >= 0.3 is 0 Å². The summed E-state index contributed by atoms with van der Waals surface area (Å²) < 4.78 is 46.4. The van der Waals surface area contributed by atoms with Gasteiger partial charge in [-0.05, 0) is 37.5 Å². The van der Waals surface area contributed by atoms with Crippen LogP contribution in [-0.4, -0.2) is 34.5 Å². The second kappa shape index (κ2) is 8.03. The summed E-state index contributed by atoms with van der Waals surface area (Å²) in [6, 6.07) is 16.2. The fraction of sp³-hybridized carbons (Fsp3) is 0.364. The number of nitrogens with zero attached hydrogens (tertiary/aromatic N) is 3. The molecule has 31 heavy (non-hydrogen) atoms. The van der Waals surface area contributed by atoms with Crippen molar-refractivity contribution in [2.24, 2.45) is 0 Å². The first-order valence-electron chi connectivity index (χ1n) is 10.2. The van der Waals surface area contributed by atoms with Gasteiger partial charge in [0.05, 0.1) is 17.0 Å². The second-order valence-corrected chi connectivity index (χ2v) is 10.9. The highest BCUT2D eigenvalue weighted by Crippen LogP contribution is 2.43.